The van der Waals surface area contributed by atoms with E-state index in [1.807, 2.05) is 0 Å². The molecule has 1 aromatic heterocycles. The van der Waals surface area contributed by atoms with E-state index >= 15 is 0 Å². The Balaban J connectivity index is 2.60. The summed E-state index contributed by atoms with van der Waals surface area (Å²) in [6.07, 6.45) is -1.74. The molecule has 2 aromatic rings. The van der Waals surface area contributed by atoms with Gasteiger partial charge in [0.25, 0.3) is 0 Å². The fourth-order valence-electron chi connectivity index (χ4n) is 1.66. The van der Waals surface area contributed by atoms with Crippen molar-refractivity contribution in [3.05, 3.63) is 52.8 Å². The number of pyridine rings is 1. The normalized spacial score (nSPS) is 11.4. The maximum atomic E-state index is 12.9. The SMILES string of the molecule is O=Cc1ccc(-c2cnccc2C(F)(F)F)cc1Cl. The number of carbonyl (C=O) groups excluding carboxylic acids is 1. The van der Waals surface area contributed by atoms with Gasteiger partial charge < -0.3 is 0 Å². The number of rotatable bonds is 2. The zero-order valence-corrected chi connectivity index (χ0v) is 10.2. The molecule has 0 amide bonds. The first kappa shape index (κ1) is 13.5. The summed E-state index contributed by atoms with van der Waals surface area (Å²) in [5.74, 6) is 0. The standard InChI is InChI=1S/C13H7ClF3NO/c14-12-5-8(1-2-9(12)7-19)10-6-18-4-3-11(10)13(15,16)17/h1-7H. The van der Waals surface area contributed by atoms with Crippen molar-refractivity contribution < 1.29 is 18.0 Å². The third-order valence-electron chi connectivity index (χ3n) is 2.56. The van der Waals surface area contributed by atoms with Crippen LogP contribution >= 0.6 is 11.6 Å². The summed E-state index contributed by atoms with van der Waals surface area (Å²) in [6.45, 7) is 0. The Morgan fingerprint density at radius 2 is 1.95 bits per heavy atom. The lowest BCUT2D eigenvalue weighted by Crippen LogP contribution is -2.07. The van der Waals surface area contributed by atoms with Crippen molar-refractivity contribution in [2.45, 2.75) is 6.18 Å². The number of hydrogen-bond acceptors (Lipinski definition) is 2. The number of hydrogen-bond donors (Lipinski definition) is 0. The minimum atomic E-state index is -4.48. The van der Waals surface area contributed by atoms with Crippen LogP contribution in [0.5, 0.6) is 0 Å². The van der Waals surface area contributed by atoms with Gasteiger partial charge >= 0.3 is 6.18 Å². The number of aldehydes is 1. The van der Waals surface area contributed by atoms with Crippen LogP contribution in [-0.2, 0) is 6.18 Å². The van der Waals surface area contributed by atoms with Crippen molar-refractivity contribution in [2.24, 2.45) is 0 Å². The summed E-state index contributed by atoms with van der Waals surface area (Å²) in [7, 11) is 0. The lowest BCUT2D eigenvalue weighted by molar-refractivity contribution is -0.137. The molecule has 0 aliphatic rings. The first-order valence-electron chi connectivity index (χ1n) is 5.20. The predicted molar refractivity (Wildman–Crippen MR) is 65.1 cm³/mol. The highest BCUT2D eigenvalue weighted by atomic mass is 35.5. The molecule has 0 radical (unpaired) electrons. The van der Waals surface area contributed by atoms with Crippen LogP contribution in [0.25, 0.3) is 11.1 Å². The van der Waals surface area contributed by atoms with Crippen molar-refractivity contribution >= 4 is 17.9 Å². The topological polar surface area (TPSA) is 30.0 Å². The van der Waals surface area contributed by atoms with Crippen molar-refractivity contribution in [1.29, 1.82) is 0 Å². The zero-order valence-electron chi connectivity index (χ0n) is 9.41. The van der Waals surface area contributed by atoms with Gasteiger partial charge in [0.15, 0.2) is 6.29 Å². The second-order valence-electron chi connectivity index (χ2n) is 3.77. The van der Waals surface area contributed by atoms with Gasteiger partial charge in [-0.25, -0.2) is 0 Å². The Morgan fingerprint density at radius 1 is 1.21 bits per heavy atom. The van der Waals surface area contributed by atoms with E-state index in [0.29, 0.717) is 6.29 Å². The molecule has 0 saturated carbocycles. The molecule has 0 saturated heterocycles. The molecular formula is C13H7ClF3NO. The molecule has 6 heteroatoms. The average molecular weight is 286 g/mol. The smallest absolute Gasteiger partial charge is 0.298 e. The molecular weight excluding hydrogens is 279 g/mol. The molecule has 0 aliphatic carbocycles. The van der Waals surface area contributed by atoms with Crippen molar-refractivity contribution in [2.75, 3.05) is 0 Å². The third-order valence-corrected chi connectivity index (χ3v) is 2.89. The molecule has 2 rings (SSSR count). The van der Waals surface area contributed by atoms with E-state index in [9.17, 15) is 18.0 Å². The number of halogens is 4. The van der Waals surface area contributed by atoms with Crippen LogP contribution in [0.4, 0.5) is 13.2 Å². The largest absolute Gasteiger partial charge is 0.417 e. The van der Waals surface area contributed by atoms with Gasteiger partial charge in [0.05, 0.1) is 10.6 Å². The first-order valence-corrected chi connectivity index (χ1v) is 5.57. The van der Waals surface area contributed by atoms with Crippen LogP contribution < -0.4 is 0 Å². The van der Waals surface area contributed by atoms with Crippen LogP contribution in [0.1, 0.15) is 15.9 Å². The zero-order chi connectivity index (χ0) is 14.0. The Labute approximate surface area is 111 Å². The molecule has 0 bridgehead atoms. The molecule has 98 valence electrons. The van der Waals surface area contributed by atoms with Gasteiger partial charge in [-0.1, -0.05) is 17.7 Å². The highest BCUT2D eigenvalue weighted by molar-refractivity contribution is 6.33. The Morgan fingerprint density at radius 3 is 2.53 bits per heavy atom. The summed E-state index contributed by atoms with van der Waals surface area (Å²) in [6, 6.07) is 4.99. The monoisotopic (exact) mass is 285 g/mol. The van der Waals surface area contributed by atoms with Gasteiger partial charge in [0.2, 0.25) is 0 Å². The minimum Gasteiger partial charge on any atom is -0.298 e. The maximum Gasteiger partial charge on any atom is 0.417 e. The summed E-state index contributed by atoms with van der Waals surface area (Å²) >= 11 is 5.81. The van der Waals surface area contributed by atoms with E-state index in [4.69, 9.17) is 11.6 Å². The predicted octanol–water partition coefficient (Wildman–Crippen LogP) is 4.23. The summed E-state index contributed by atoms with van der Waals surface area (Å²) in [5, 5.41) is 0.101. The van der Waals surface area contributed by atoms with E-state index in [0.717, 1.165) is 18.5 Å². The van der Waals surface area contributed by atoms with Crippen LogP contribution in [0.15, 0.2) is 36.7 Å². The van der Waals surface area contributed by atoms with E-state index in [1.54, 1.807) is 0 Å². The number of benzene rings is 1. The van der Waals surface area contributed by atoms with Gasteiger partial charge in [-0.05, 0) is 23.8 Å². The quantitative estimate of drug-likeness (QED) is 0.773. The van der Waals surface area contributed by atoms with Gasteiger partial charge in [-0.3, -0.25) is 9.78 Å². The molecule has 2 nitrogen and oxygen atoms in total. The molecule has 0 atom stereocenters. The molecule has 0 unspecified atom stereocenters. The van der Waals surface area contributed by atoms with E-state index in [2.05, 4.69) is 4.98 Å². The van der Waals surface area contributed by atoms with E-state index in [-0.39, 0.29) is 21.7 Å². The fraction of sp³-hybridized carbons (Fsp3) is 0.0769. The Kier molecular flexibility index (Phi) is 3.57. The molecule has 1 aromatic carbocycles. The number of alkyl halides is 3. The van der Waals surface area contributed by atoms with Crippen molar-refractivity contribution in [1.82, 2.24) is 4.98 Å². The number of aromatic nitrogens is 1. The van der Waals surface area contributed by atoms with Gasteiger partial charge in [0, 0.05) is 23.5 Å². The van der Waals surface area contributed by atoms with Crippen LogP contribution in [-0.4, -0.2) is 11.3 Å². The average Bonchev–Trinajstić information content (AvgIpc) is 2.37. The third kappa shape index (κ3) is 2.76. The van der Waals surface area contributed by atoms with Crippen LogP contribution in [0.2, 0.25) is 5.02 Å². The Bertz CT molecular complexity index is 626. The lowest BCUT2D eigenvalue weighted by Gasteiger charge is -2.12. The van der Waals surface area contributed by atoms with Crippen molar-refractivity contribution in [3.63, 3.8) is 0 Å². The second kappa shape index (κ2) is 5.01. The molecule has 19 heavy (non-hydrogen) atoms. The first-order chi connectivity index (χ1) is 8.93. The molecule has 0 fully saturated rings. The summed E-state index contributed by atoms with van der Waals surface area (Å²) in [5.41, 5.74) is -0.384. The van der Waals surface area contributed by atoms with Gasteiger partial charge in [-0.2, -0.15) is 13.2 Å². The molecule has 1 heterocycles. The second-order valence-corrected chi connectivity index (χ2v) is 4.18. The van der Waals surface area contributed by atoms with Crippen molar-refractivity contribution in [3.8, 4) is 11.1 Å². The van der Waals surface area contributed by atoms with Crippen LogP contribution in [0, 0.1) is 0 Å². The highest BCUT2D eigenvalue weighted by Gasteiger charge is 2.33. The van der Waals surface area contributed by atoms with Gasteiger partial charge in [-0.15, -0.1) is 0 Å². The van der Waals surface area contributed by atoms with E-state index in [1.165, 1.54) is 18.2 Å². The van der Waals surface area contributed by atoms with E-state index < -0.39 is 11.7 Å². The van der Waals surface area contributed by atoms with Crippen LogP contribution in [0.3, 0.4) is 0 Å². The fourth-order valence-corrected chi connectivity index (χ4v) is 1.89. The summed E-state index contributed by atoms with van der Waals surface area (Å²) in [4.78, 5) is 14.3. The number of nitrogens with zero attached hydrogens (tertiary/aromatic N) is 1. The molecule has 0 aliphatic heterocycles. The number of carbonyl (C=O) groups is 1. The summed E-state index contributed by atoms with van der Waals surface area (Å²) < 4.78 is 38.6. The highest BCUT2D eigenvalue weighted by Crippen LogP contribution is 2.37. The Hall–Kier alpha value is -1.88. The van der Waals surface area contributed by atoms with Gasteiger partial charge in [0.1, 0.15) is 0 Å². The maximum absolute atomic E-state index is 12.9. The lowest BCUT2D eigenvalue weighted by atomic mass is 10.0. The molecule has 0 N–H and O–H groups in total. The molecule has 0 spiro atoms. The minimum absolute atomic E-state index is 0.0747.